The molecule has 4 heteroatoms. The Morgan fingerprint density at radius 1 is 1.47 bits per heavy atom. The molecule has 1 N–H and O–H groups in total. The average Bonchev–Trinajstić information content (AvgIpc) is 2.95. The highest BCUT2D eigenvalue weighted by Gasteiger charge is 2.29. The largest absolute Gasteiger partial charge is 0.309 e. The minimum atomic E-state index is 0.458. The van der Waals surface area contributed by atoms with Crippen molar-refractivity contribution in [2.24, 2.45) is 5.92 Å². The van der Waals surface area contributed by atoms with Crippen molar-refractivity contribution in [1.82, 2.24) is 15.1 Å². The van der Waals surface area contributed by atoms with E-state index in [0.717, 1.165) is 23.5 Å². The summed E-state index contributed by atoms with van der Waals surface area (Å²) in [6.07, 6.45) is 7.38. The number of halogens is 1. The van der Waals surface area contributed by atoms with Crippen LogP contribution in [0.25, 0.3) is 0 Å². The van der Waals surface area contributed by atoms with Gasteiger partial charge in [0.25, 0.3) is 0 Å². The fourth-order valence-electron chi connectivity index (χ4n) is 2.93. The summed E-state index contributed by atoms with van der Waals surface area (Å²) in [7, 11) is 0. The zero-order valence-electron chi connectivity index (χ0n) is 10.7. The van der Waals surface area contributed by atoms with Crippen molar-refractivity contribution >= 4 is 15.9 Å². The third kappa shape index (κ3) is 2.74. The van der Waals surface area contributed by atoms with Crippen molar-refractivity contribution in [3.63, 3.8) is 0 Å². The van der Waals surface area contributed by atoms with Gasteiger partial charge in [-0.3, -0.25) is 4.68 Å². The smallest absolute Gasteiger partial charge is 0.0698 e. The van der Waals surface area contributed by atoms with Crippen molar-refractivity contribution in [3.05, 3.63) is 16.4 Å². The number of nitrogens with one attached hydrogen (secondary N) is 1. The van der Waals surface area contributed by atoms with E-state index in [1.807, 2.05) is 6.20 Å². The van der Waals surface area contributed by atoms with Crippen molar-refractivity contribution in [2.75, 3.05) is 6.54 Å². The van der Waals surface area contributed by atoms with Gasteiger partial charge < -0.3 is 5.32 Å². The molecule has 1 aromatic rings. The second kappa shape index (κ2) is 6.01. The van der Waals surface area contributed by atoms with E-state index in [4.69, 9.17) is 0 Å². The van der Waals surface area contributed by atoms with E-state index >= 15 is 0 Å². The van der Waals surface area contributed by atoms with Gasteiger partial charge >= 0.3 is 0 Å². The Bertz CT molecular complexity index is 356. The van der Waals surface area contributed by atoms with Crippen LogP contribution in [0.3, 0.4) is 0 Å². The lowest BCUT2D eigenvalue weighted by atomic mass is 9.95. The first-order valence-corrected chi connectivity index (χ1v) is 7.51. The van der Waals surface area contributed by atoms with Gasteiger partial charge in [0.1, 0.15) is 0 Å². The molecule has 1 heterocycles. The molecular weight excluding hydrogens is 278 g/mol. The van der Waals surface area contributed by atoms with Gasteiger partial charge in [-0.1, -0.05) is 19.8 Å². The summed E-state index contributed by atoms with van der Waals surface area (Å²) in [5.41, 5.74) is 1.33. The molecule has 1 aliphatic carbocycles. The molecule has 0 amide bonds. The van der Waals surface area contributed by atoms with Gasteiger partial charge in [-0.15, -0.1) is 0 Å². The average molecular weight is 300 g/mol. The first-order chi connectivity index (χ1) is 8.27. The Hall–Kier alpha value is -0.350. The predicted molar refractivity (Wildman–Crippen MR) is 74.0 cm³/mol. The fourth-order valence-corrected chi connectivity index (χ4v) is 3.47. The maximum atomic E-state index is 4.44. The number of aromatic nitrogens is 2. The predicted octanol–water partition coefficient (Wildman–Crippen LogP) is 3.51. The van der Waals surface area contributed by atoms with Gasteiger partial charge in [0.2, 0.25) is 0 Å². The van der Waals surface area contributed by atoms with Gasteiger partial charge in [-0.25, -0.2) is 0 Å². The van der Waals surface area contributed by atoms with Crippen molar-refractivity contribution in [1.29, 1.82) is 0 Å². The molecular formula is C13H22BrN3. The SMILES string of the molecule is CCNC(c1c(Br)cnn1CC)C1CCCC1. The molecule has 2 rings (SSSR count). The maximum Gasteiger partial charge on any atom is 0.0698 e. The molecule has 0 aromatic carbocycles. The molecule has 1 aromatic heterocycles. The van der Waals surface area contributed by atoms with Crippen LogP contribution in [0, 0.1) is 5.92 Å². The lowest BCUT2D eigenvalue weighted by Gasteiger charge is -2.25. The van der Waals surface area contributed by atoms with Crippen LogP contribution in [-0.2, 0) is 6.54 Å². The van der Waals surface area contributed by atoms with E-state index < -0.39 is 0 Å². The third-order valence-electron chi connectivity index (χ3n) is 3.72. The van der Waals surface area contributed by atoms with E-state index in [1.54, 1.807) is 0 Å². The number of hydrogen-bond acceptors (Lipinski definition) is 2. The van der Waals surface area contributed by atoms with Gasteiger partial charge in [0, 0.05) is 6.54 Å². The Balaban J connectivity index is 2.27. The van der Waals surface area contributed by atoms with Crippen molar-refractivity contribution < 1.29 is 0 Å². The second-order valence-electron chi connectivity index (χ2n) is 4.77. The Kier molecular flexibility index (Phi) is 4.62. The minimum Gasteiger partial charge on any atom is -0.309 e. The van der Waals surface area contributed by atoms with Crippen LogP contribution >= 0.6 is 15.9 Å². The normalized spacial score (nSPS) is 18.8. The lowest BCUT2D eigenvalue weighted by Crippen LogP contribution is -2.29. The Morgan fingerprint density at radius 3 is 2.76 bits per heavy atom. The van der Waals surface area contributed by atoms with E-state index in [9.17, 15) is 0 Å². The van der Waals surface area contributed by atoms with Crippen LogP contribution in [0.2, 0.25) is 0 Å². The van der Waals surface area contributed by atoms with Crippen LogP contribution in [0.5, 0.6) is 0 Å². The summed E-state index contributed by atoms with van der Waals surface area (Å²) in [5.74, 6) is 0.772. The third-order valence-corrected chi connectivity index (χ3v) is 4.33. The number of nitrogens with zero attached hydrogens (tertiary/aromatic N) is 2. The van der Waals surface area contributed by atoms with E-state index in [1.165, 1.54) is 31.4 Å². The van der Waals surface area contributed by atoms with E-state index in [-0.39, 0.29) is 0 Å². The molecule has 0 aliphatic heterocycles. The van der Waals surface area contributed by atoms with Crippen LogP contribution in [-0.4, -0.2) is 16.3 Å². The van der Waals surface area contributed by atoms with Crippen LogP contribution in [0.15, 0.2) is 10.7 Å². The van der Waals surface area contributed by atoms with Crippen molar-refractivity contribution in [3.8, 4) is 0 Å². The molecule has 1 saturated carbocycles. The molecule has 0 spiro atoms. The van der Waals surface area contributed by atoms with Crippen LogP contribution < -0.4 is 5.32 Å². The quantitative estimate of drug-likeness (QED) is 0.902. The zero-order valence-corrected chi connectivity index (χ0v) is 12.3. The molecule has 96 valence electrons. The highest BCUT2D eigenvalue weighted by Crippen LogP contribution is 2.38. The molecule has 17 heavy (non-hydrogen) atoms. The highest BCUT2D eigenvalue weighted by atomic mass is 79.9. The summed E-state index contributed by atoms with van der Waals surface area (Å²) in [6.45, 7) is 6.29. The van der Waals surface area contributed by atoms with E-state index in [0.29, 0.717) is 6.04 Å². The van der Waals surface area contributed by atoms with Gasteiger partial charge in [0.05, 0.1) is 22.4 Å². The standard InChI is InChI=1S/C13H22BrN3/c1-3-15-12(10-7-5-6-8-10)13-11(14)9-16-17(13)4-2/h9-10,12,15H,3-8H2,1-2H3. The number of hydrogen-bond donors (Lipinski definition) is 1. The summed E-state index contributed by atoms with van der Waals surface area (Å²) >= 11 is 3.65. The summed E-state index contributed by atoms with van der Waals surface area (Å²) in [5, 5.41) is 8.09. The topological polar surface area (TPSA) is 29.9 Å². The minimum absolute atomic E-state index is 0.458. The molecule has 1 aliphatic rings. The lowest BCUT2D eigenvalue weighted by molar-refractivity contribution is 0.351. The molecule has 3 nitrogen and oxygen atoms in total. The maximum absolute atomic E-state index is 4.44. The van der Waals surface area contributed by atoms with Crippen LogP contribution in [0.4, 0.5) is 0 Å². The monoisotopic (exact) mass is 299 g/mol. The Labute approximate surface area is 112 Å². The van der Waals surface area contributed by atoms with Gasteiger partial charge in [-0.05, 0) is 48.2 Å². The van der Waals surface area contributed by atoms with E-state index in [2.05, 4.69) is 44.9 Å². The van der Waals surface area contributed by atoms with Crippen LogP contribution in [0.1, 0.15) is 51.3 Å². The summed E-state index contributed by atoms with van der Waals surface area (Å²) < 4.78 is 3.27. The van der Waals surface area contributed by atoms with Gasteiger partial charge in [-0.2, -0.15) is 5.10 Å². The molecule has 0 radical (unpaired) electrons. The first kappa shape index (κ1) is 13.1. The molecule has 0 saturated heterocycles. The number of aryl methyl sites for hydroxylation is 1. The fraction of sp³-hybridized carbons (Fsp3) is 0.769. The highest BCUT2D eigenvalue weighted by molar-refractivity contribution is 9.10. The second-order valence-corrected chi connectivity index (χ2v) is 5.63. The number of rotatable bonds is 5. The first-order valence-electron chi connectivity index (χ1n) is 6.72. The summed E-state index contributed by atoms with van der Waals surface area (Å²) in [4.78, 5) is 0. The molecule has 1 unspecified atom stereocenters. The molecule has 1 atom stereocenters. The van der Waals surface area contributed by atoms with Gasteiger partial charge in [0.15, 0.2) is 0 Å². The molecule has 1 fully saturated rings. The Morgan fingerprint density at radius 2 is 2.18 bits per heavy atom. The zero-order chi connectivity index (χ0) is 12.3. The van der Waals surface area contributed by atoms with Crippen molar-refractivity contribution in [2.45, 2.75) is 52.1 Å². The summed E-state index contributed by atoms with van der Waals surface area (Å²) in [6, 6.07) is 0.458. The molecule has 0 bridgehead atoms.